The van der Waals surface area contributed by atoms with Crippen molar-refractivity contribution in [1.29, 1.82) is 0 Å². The number of hydrogen-bond donors (Lipinski definition) is 2. The Morgan fingerprint density at radius 2 is 2.00 bits per heavy atom. The minimum atomic E-state index is 0. The van der Waals surface area contributed by atoms with Crippen LogP contribution in [0, 0.1) is 0 Å². The standard InChI is InChI=1S/C22H35N5O2.HI/c1-4-21(28)27-14-11-17(16-27)25-22(23-2)24-15-19(26-12-7-8-13-26)18-9-5-6-10-20(18)29-3;/h5-6,9-10,17,19H,4,7-8,11-16H2,1-3H3,(H2,23,24,25);1H. The number of ether oxygens (including phenoxy) is 1. The molecule has 1 aromatic carbocycles. The van der Waals surface area contributed by atoms with Crippen molar-refractivity contribution in [1.82, 2.24) is 20.4 Å². The van der Waals surface area contributed by atoms with Crippen molar-refractivity contribution in [3.05, 3.63) is 29.8 Å². The van der Waals surface area contributed by atoms with E-state index in [2.05, 4.69) is 32.7 Å². The molecule has 2 fully saturated rings. The van der Waals surface area contributed by atoms with Crippen LogP contribution < -0.4 is 15.4 Å². The van der Waals surface area contributed by atoms with Gasteiger partial charge >= 0.3 is 0 Å². The molecule has 0 radical (unpaired) electrons. The maximum atomic E-state index is 11.9. The van der Waals surface area contributed by atoms with E-state index in [1.54, 1.807) is 14.2 Å². The normalized spacial score (nSPS) is 20.6. The zero-order chi connectivity index (χ0) is 20.6. The van der Waals surface area contributed by atoms with Gasteiger partial charge in [0, 0.05) is 44.7 Å². The number of amides is 1. The Morgan fingerprint density at radius 1 is 1.27 bits per heavy atom. The lowest BCUT2D eigenvalue weighted by molar-refractivity contribution is -0.129. The Morgan fingerprint density at radius 3 is 2.67 bits per heavy atom. The van der Waals surface area contributed by atoms with Gasteiger partial charge in [0.2, 0.25) is 5.91 Å². The van der Waals surface area contributed by atoms with E-state index in [9.17, 15) is 4.79 Å². The van der Waals surface area contributed by atoms with Gasteiger partial charge in [-0.2, -0.15) is 0 Å². The molecule has 2 N–H and O–H groups in total. The number of nitrogens with one attached hydrogen (secondary N) is 2. The number of rotatable bonds is 7. The Bertz CT molecular complexity index is 709. The first-order valence-electron chi connectivity index (χ1n) is 10.8. The molecule has 2 saturated heterocycles. The number of halogens is 1. The molecular formula is C22H36IN5O2. The topological polar surface area (TPSA) is 69.2 Å². The van der Waals surface area contributed by atoms with Crippen molar-refractivity contribution < 1.29 is 9.53 Å². The van der Waals surface area contributed by atoms with Crippen molar-refractivity contribution in [2.75, 3.05) is 46.9 Å². The fourth-order valence-corrected chi connectivity index (χ4v) is 4.34. The number of likely N-dealkylation sites (tertiary alicyclic amines) is 2. The van der Waals surface area contributed by atoms with Gasteiger partial charge in [-0.05, 0) is 38.4 Å². The van der Waals surface area contributed by atoms with Gasteiger partial charge in [0.15, 0.2) is 5.96 Å². The Balaban J connectivity index is 0.00000320. The molecule has 2 aliphatic heterocycles. The molecule has 0 bridgehead atoms. The molecule has 0 aliphatic carbocycles. The van der Waals surface area contributed by atoms with Crippen molar-refractivity contribution in [2.45, 2.75) is 44.7 Å². The van der Waals surface area contributed by atoms with Gasteiger partial charge < -0.3 is 20.3 Å². The summed E-state index contributed by atoms with van der Waals surface area (Å²) >= 11 is 0. The molecule has 2 heterocycles. The van der Waals surface area contributed by atoms with Crippen LogP contribution in [-0.2, 0) is 4.79 Å². The van der Waals surface area contributed by atoms with Crippen LogP contribution in [0.5, 0.6) is 5.75 Å². The smallest absolute Gasteiger partial charge is 0.222 e. The minimum absolute atomic E-state index is 0. The van der Waals surface area contributed by atoms with Crippen LogP contribution in [0.3, 0.4) is 0 Å². The van der Waals surface area contributed by atoms with Crippen LogP contribution in [0.2, 0.25) is 0 Å². The number of aliphatic imine (C=N–C) groups is 1. The average Bonchev–Trinajstić information content (AvgIpc) is 3.45. The monoisotopic (exact) mass is 529 g/mol. The van der Waals surface area contributed by atoms with Crippen LogP contribution >= 0.6 is 24.0 Å². The zero-order valence-electron chi connectivity index (χ0n) is 18.4. The second-order valence-electron chi connectivity index (χ2n) is 7.78. The van der Waals surface area contributed by atoms with E-state index in [0.717, 1.165) is 50.9 Å². The third-order valence-corrected chi connectivity index (χ3v) is 5.95. The second-order valence-corrected chi connectivity index (χ2v) is 7.78. The van der Waals surface area contributed by atoms with Crippen molar-refractivity contribution >= 4 is 35.8 Å². The highest BCUT2D eigenvalue weighted by molar-refractivity contribution is 14.0. The van der Waals surface area contributed by atoms with Gasteiger partial charge in [-0.15, -0.1) is 24.0 Å². The highest BCUT2D eigenvalue weighted by Gasteiger charge is 2.28. The average molecular weight is 529 g/mol. The minimum Gasteiger partial charge on any atom is -0.496 e. The number of methoxy groups -OCH3 is 1. The van der Waals surface area contributed by atoms with Crippen LogP contribution in [-0.4, -0.2) is 74.6 Å². The van der Waals surface area contributed by atoms with Crippen LogP contribution in [0.1, 0.15) is 44.2 Å². The molecule has 30 heavy (non-hydrogen) atoms. The predicted molar refractivity (Wildman–Crippen MR) is 132 cm³/mol. The summed E-state index contributed by atoms with van der Waals surface area (Å²) < 4.78 is 5.63. The number of para-hydroxylation sites is 1. The van der Waals surface area contributed by atoms with Gasteiger partial charge in [0.25, 0.3) is 0 Å². The molecule has 7 nitrogen and oxygen atoms in total. The highest BCUT2D eigenvalue weighted by Crippen LogP contribution is 2.31. The molecule has 0 spiro atoms. The summed E-state index contributed by atoms with van der Waals surface area (Å²) in [5.41, 5.74) is 1.21. The summed E-state index contributed by atoms with van der Waals surface area (Å²) in [5, 5.41) is 7.02. The van der Waals surface area contributed by atoms with E-state index in [-0.39, 0.29) is 42.0 Å². The molecule has 0 aromatic heterocycles. The molecule has 3 rings (SSSR count). The van der Waals surface area contributed by atoms with Gasteiger partial charge in [-0.1, -0.05) is 25.1 Å². The molecule has 2 aliphatic rings. The Hall–Kier alpha value is -1.55. The molecule has 8 heteroatoms. The largest absolute Gasteiger partial charge is 0.496 e. The predicted octanol–water partition coefficient (Wildman–Crippen LogP) is 2.63. The quantitative estimate of drug-likeness (QED) is 0.323. The molecule has 1 aromatic rings. The second kappa shape index (κ2) is 12.3. The van der Waals surface area contributed by atoms with Gasteiger partial charge in [-0.25, -0.2) is 0 Å². The van der Waals surface area contributed by atoms with Gasteiger partial charge in [0.1, 0.15) is 5.75 Å². The number of carbonyl (C=O) groups is 1. The number of hydrogen-bond acceptors (Lipinski definition) is 4. The first-order chi connectivity index (χ1) is 14.2. The highest BCUT2D eigenvalue weighted by atomic mass is 127. The maximum absolute atomic E-state index is 11.9. The van der Waals surface area contributed by atoms with Crippen molar-refractivity contribution in [3.8, 4) is 5.75 Å². The summed E-state index contributed by atoms with van der Waals surface area (Å²) in [6.45, 7) is 6.44. The fourth-order valence-electron chi connectivity index (χ4n) is 4.34. The molecule has 0 saturated carbocycles. The van der Waals surface area contributed by atoms with Crippen molar-refractivity contribution in [2.24, 2.45) is 4.99 Å². The summed E-state index contributed by atoms with van der Waals surface area (Å²) in [4.78, 5) is 20.8. The third kappa shape index (κ3) is 6.23. The van der Waals surface area contributed by atoms with E-state index >= 15 is 0 Å². The number of carbonyl (C=O) groups excluding carboxylic acids is 1. The molecule has 1 amide bonds. The Kier molecular flexibility index (Phi) is 10.2. The summed E-state index contributed by atoms with van der Waals surface area (Å²) in [6, 6.07) is 8.75. The Labute approximate surface area is 197 Å². The first-order valence-corrected chi connectivity index (χ1v) is 10.8. The van der Waals surface area contributed by atoms with Crippen LogP contribution in [0.25, 0.3) is 0 Å². The molecular weight excluding hydrogens is 493 g/mol. The lowest BCUT2D eigenvalue weighted by atomic mass is 10.0. The van der Waals surface area contributed by atoms with Crippen LogP contribution in [0.4, 0.5) is 0 Å². The summed E-state index contributed by atoms with van der Waals surface area (Å²) in [5.74, 6) is 1.95. The number of guanidine groups is 1. The van der Waals surface area contributed by atoms with E-state index in [4.69, 9.17) is 4.74 Å². The number of benzene rings is 1. The SMILES string of the molecule is CCC(=O)N1CCC(NC(=NC)NCC(c2ccccc2OC)N2CCCC2)C1.I. The van der Waals surface area contributed by atoms with Gasteiger partial charge in [-0.3, -0.25) is 14.7 Å². The molecule has 2 atom stereocenters. The van der Waals surface area contributed by atoms with E-state index in [1.165, 1.54) is 18.4 Å². The van der Waals surface area contributed by atoms with Crippen molar-refractivity contribution in [3.63, 3.8) is 0 Å². The van der Waals surface area contributed by atoms with E-state index in [1.807, 2.05) is 24.0 Å². The zero-order valence-corrected chi connectivity index (χ0v) is 20.7. The lowest BCUT2D eigenvalue weighted by Crippen LogP contribution is -2.47. The third-order valence-electron chi connectivity index (χ3n) is 5.95. The van der Waals surface area contributed by atoms with E-state index in [0.29, 0.717) is 6.42 Å². The van der Waals surface area contributed by atoms with Gasteiger partial charge in [0.05, 0.1) is 13.2 Å². The maximum Gasteiger partial charge on any atom is 0.222 e. The fraction of sp³-hybridized carbons (Fsp3) is 0.636. The van der Waals surface area contributed by atoms with E-state index < -0.39 is 0 Å². The summed E-state index contributed by atoms with van der Waals surface area (Å²) in [6.07, 6.45) is 3.99. The van der Waals surface area contributed by atoms with Crippen LogP contribution in [0.15, 0.2) is 29.3 Å². The molecule has 168 valence electrons. The lowest BCUT2D eigenvalue weighted by Gasteiger charge is -2.30. The molecule has 2 unspecified atom stereocenters. The first kappa shape index (κ1) is 24.7. The number of nitrogens with zero attached hydrogens (tertiary/aromatic N) is 3. The summed E-state index contributed by atoms with van der Waals surface area (Å²) in [7, 11) is 3.53.